The normalized spacial score (nSPS) is 15.1. The van der Waals surface area contributed by atoms with E-state index in [4.69, 9.17) is 4.74 Å². The van der Waals surface area contributed by atoms with Crippen LogP contribution in [0.15, 0.2) is 0 Å². The van der Waals surface area contributed by atoms with Crippen LogP contribution in [0.3, 0.4) is 0 Å². The third kappa shape index (κ3) is 34.2. The summed E-state index contributed by atoms with van der Waals surface area (Å²) in [5.74, 6) is 0.982. The second-order valence-electron chi connectivity index (χ2n) is 18.3. The Balaban J connectivity index is 2.34. The summed E-state index contributed by atoms with van der Waals surface area (Å²) in [5, 5.41) is 11.1. The molecule has 1 amide bonds. The lowest BCUT2D eigenvalue weighted by atomic mass is 9.95. The molecule has 6 nitrogen and oxygen atoms in total. The maximum Gasteiger partial charge on any atom is 0.222 e. The predicted molar refractivity (Wildman–Crippen MR) is 245 cm³/mol. The minimum atomic E-state index is -0.475. The van der Waals surface area contributed by atoms with E-state index in [1.807, 2.05) is 4.90 Å². The Morgan fingerprint density at radius 3 is 1.45 bits per heavy atom. The third-order valence-electron chi connectivity index (χ3n) is 12.6. The summed E-state index contributed by atoms with van der Waals surface area (Å²) >= 11 is 0. The van der Waals surface area contributed by atoms with Crippen LogP contribution in [0.4, 0.5) is 0 Å². The number of nitrogens with zero attached hydrogens (tertiary/aromatic N) is 3. The number of rotatable bonds is 43. The summed E-state index contributed by atoms with van der Waals surface area (Å²) in [7, 11) is 2.17. The van der Waals surface area contributed by atoms with Gasteiger partial charge in [0.2, 0.25) is 5.91 Å². The van der Waals surface area contributed by atoms with Crippen LogP contribution in [0.2, 0.25) is 0 Å². The minimum absolute atomic E-state index is 0.252. The maximum absolute atomic E-state index is 13.5. The van der Waals surface area contributed by atoms with Gasteiger partial charge in [0.15, 0.2) is 0 Å². The zero-order valence-electron chi connectivity index (χ0n) is 38.7. The van der Waals surface area contributed by atoms with Gasteiger partial charge in [-0.15, -0.1) is 0 Å². The number of amides is 1. The fraction of sp³-hybridized carbons (Fsp3) is 0.980. The van der Waals surface area contributed by atoms with Gasteiger partial charge in [0.1, 0.15) is 0 Å². The number of β-amino-alcohol motifs (C(OH)–C–C–N with tert-alkyl or cyclic N) is 1. The number of hydrogen-bond donors (Lipinski definition) is 1. The number of likely N-dealkylation sites (N-methyl/N-ethyl adjacent to an activating group) is 1. The van der Waals surface area contributed by atoms with Crippen molar-refractivity contribution in [2.45, 2.75) is 245 Å². The lowest BCUT2D eigenvalue weighted by Gasteiger charge is -2.34. The summed E-state index contributed by atoms with van der Waals surface area (Å²) in [6.07, 6.45) is 43.9. The fourth-order valence-electron chi connectivity index (χ4n) is 8.61. The Labute approximate surface area is 351 Å². The van der Waals surface area contributed by atoms with E-state index < -0.39 is 6.10 Å². The highest BCUT2D eigenvalue weighted by Gasteiger charge is 2.21. The highest BCUT2D eigenvalue weighted by Crippen LogP contribution is 2.20. The molecule has 0 aromatic carbocycles. The number of hydrogen-bond acceptors (Lipinski definition) is 5. The Bertz CT molecular complexity index is 804. The van der Waals surface area contributed by atoms with Crippen molar-refractivity contribution in [2.75, 3.05) is 66.1 Å². The summed E-state index contributed by atoms with van der Waals surface area (Å²) in [4.78, 5) is 20.2. The monoisotopic (exact) mass is 792 g/mol. The number of carbonyl (C=O) groups excluding carboxylic acids is 1. The Hall–Kier alpha value is -0.690. The van der Waals surface area contributed by atoms with Crippen molar-refractivity contribution in [3.63, 3.8) is 0 Å². The zero-order valence-corrected chi connectivity index (χ0v) is 38.7. The number of carbonyl (C=O) groups is 1. The van der Waals surface area contributed by atoms with Gasteiger partial charge in [0.05, 0.1) is 6.10 Å². The molecule has 334 valence electrons. The molecule has 1 rings (SSSR count). The third-order valence-corrected chi connectivity index (χ3v) is 12.6. The van der Waals surface area contributed by atoms with Gasteiger partial charge in [-0.3, -0.25) is 9.69 Å². The number of piperazine rings is 1. The molecule has 1 N–H and O–H groups in total. The molecule has 0 aromatic rings. The van der Waals surface area contributed by atoms with Gasteiger partial charge in [0.25, 0.3) is 0 Å². The standard InChI is InChI=1S/C50H101N3O3/c1-5-8-11-14-16-17-18-19-20-21-22-23-25-28-33-38-50(55)53(46-49(54)45-52-42-40-51(4)41-43-52)39-34-29-30-35-44-56-47-48(36-31-26-13-10-7-3)37-32-27-24-15-12-9-6-2/h48-49,54H,5-47H2,1-4H3. The SMILES string of the molecule is CCCCCCCCCCCCCCCCCC(=O)N(CCCCCCOCC(CCCCCCC)CCCCCCCCC)CC(O)CN1CCN(C)CC1. The summed E-state index contributed by atoms with van der Waals surface area (Å²) in [6, 6.07) is 0. The fourth-order valence-corrected chi connectivity index (χ4v) is 8.61. The first-order chi connectivity index (χ1) is 27.5. The molecule has 0 bridgehead atoms. The second-order valence-corrected chi connectivity index (χ2v) is 18.3. The van der Waals surface area contributed by atoms with Gasteiger partial charge in [-0.2, -0.15) is 0 Å². The van der Waals surface area contributed by atoms with Crippen molar-refractivity contribution in [3.8, 4) is 0 Å². The van der Waals surface area contributed by atoms with Gasteiger partial charge in [0, 0.05) is 65.4 Å². The predicted octanol–water partition coefficient (Wildman–Crippen LogP) is 13.4. The van der Waals surface area contributed by atoms with Gasteiger partial charge >= 0.3 is 0 Å². The summed E-state index contributed by atoms with van der Waals surface area (Å²) < 4.78 is 6.30. The molecule has 1 heterocycles. The van der Waals surface area contributed by atoms with Crippen LogP contribution in [0.25, 0.3) is 0 Å². The molecule has 2 atom stereocenters. The van der Waals surface area contributed by atoms with Gasteiger partial charge in [-0.1, -0.05) is 201 Å². The number of aliphatic hydroxyl groups is 1. The average Bonchev–Trinajstić information content (AvgIpc) is 3.19. The highest BCUT2D eigenvalue weighted by atomic mass is 16.5. The van der Waals surface area contributed by atoms with Crippen molar-refractivity contribution in [2.24, 2.45) is 5.92 Å². The van der Waals surface area contributed by atoms with Crippen LogP contribution in [-0.4, -0.2) is 97.9 Å². The Morgan fingerprint density at radius 1 is 0.554 bits per heavy atom. The van der Waals surface area contributed by atoms with Crippen LogP contribution in [0.1, 0.15) is 239 Å². The van der Waals surface area contributed by atoms with Crippen LogP contribution < -0.4 is 0 Å². The van der Waals surface area contributed by atoms with Crippen molar-refractivity contribution in [1.29, 1.82) is 0 Å². The molecule has 1 aliphatic heterocycles. The van der Waals surface area contributed by atoms with E-state index in [0.29, 0.717) is 19.5 Å². The lowest BCUT2D eigenvalue weighted by Crippen LogP contribution is -2.49. The van der Waals surface area contributed by atoms with Gasteiger partial charge < -0.3 is 19.6 Å². The molecule has 2 unspecified atom stereocenters. The van der Waals surface area contributed by atoms with E-state index in [9.17, 15) is 9.90 Å². The van der Waals surface area contributed by atoms with Crippen LogP contribution in [0.5, 0.6) is 0 Å². The summed E-state index contributed by atoms with van der Waals surface area (Å²) in [6.45, 7) is 14.7. The quantitative estimate of drug-likeness (QED) is 0.0623. The van der Waals surface area contributed by atoms with Crippen molar-refractivity contribution in [3.05, 3.63) is 0 Å². The average molecular weight is 792 g/mol. The zero-order chi connectivity index (χ0) is 40.6. The largest absolute Gasteiger partial charge is 0.390 e. The van der Waals surface area contributed by atoms with Crippen molar-refractivity contribution >= 4 is 5.91 Å². The summed E-state index contributed by atoms with van der Waals surface area (Å²) in [5.41, 5.74) is 0. The molecular weight excluding hydrogens is 691 g/mol. The van der Waals surface area contributed by atoms with Crippen LogP contribution >= 0.6 is 0 Å². The minimum Gasteiger partial charge on any atom is -0.390 e. The molecule has 0 saturated carbocycles. The number of unbranched alkanes of at least 4 members (excludes halogenated alkanes) is 27. The Kier molecular flexibility index (Phi) is 39.1. The first-order valence-electron chi connectivity index (χ1n) is 25.4. The molecule has 0 aliphatic carbocycles. The first kappa shape index (κ1) is 53.3. The maximum atomic E-state index is 13.5. The number of ether oxygens (including phenoxy) is 1. The van der Waals surface area contributed by atoms with E-state index in [2.05, 4.69) is 37.6 Å². The van der Waals surface area contributed by atoms with Crippen molar-refractivity contribution in [1.82, 2.24) is 14.7 Å². The molecule has 0 spiro atoms. The van der Waals surface area contributed by atoms with Crippen LogP contribution in [-0.2, 0) is 9.53 Å². The molecule has 56 heavy (non-hydrogen) atoms. The van der Waals surface area contributed by atoms with E-state index in [1.165, 1.54) is 173 Å². The molecule has 6 heteroatoms. The van der Waals surface area contributed by atoms with Gasteiger partial charge in [-0.25, -0.2) is 0 Å². The molecule has 0 aromatic heterocycles. The second kappa shape index (κ2) is 41.1. The first-order valence-corrected chi connectivity index (χ1v) is 25.4. The number of aliphatic hydroxyl groups excluding tert-OH is 1. The van der Waals surface area contributed by atoms with Gasteiger partial charge in [-0.05, 0) is 45.1 Å². The highest BCUT2D eigenvalue weighted by molar-refractivity contribution is 5.76. The van der Waals surface area contributed by atoms with Crippen LogP contribution in [0, 0.1) is 5.92 Å². The topological polar surface area (TPSA) is 56.3 Å². The van der Waals surface area contributed by atoms with E-state index in [1.54, 1.807) is 0 Å². The molecule has 1 saturated heterocycles. The molecule has 1 fully saturated rings. The molecule has 1 aliphatic rings. The van der Waals surface area contributed by atoms with E-state index in [-0.39, 0.29) is 5.91 Å². The lowest BCUT2D eigenvalue weighted by molar-refractivity contribution is -0.133. The Morgan fingerprint density at radius 2 is 0.964 bits per heavy atom. The van der Waals surface area contributed by atoms with E-state index in [0.717, 1.165) is 90.4 Å². The molecular formula is C50H101N3O3. The van der Waals surface area contributed by atoms with Crippen molar-refractivity contribution < 1.29 is 14.6 Å². The van der Waals surface area contributed by atoms with E-state index >= 15 is 0 Å². The smallest absolute Gasteiger partial charge is 0.222 e. The molecule has 0 radical (unpaired) electrons.